The van der Waals surface area contributed by atoms with Gasteiger partial charge in [0.15, 0.2) is 5.96 Å². The second-order valence-corrected chi connectivity index (χ2v) is 7.83. The maximum atomic E-state index is 11.2. The van der Waals surface area contributed by atoms with E-state index < -0.39 is 9.84 Å². The minimum absolute atomic E-state index is 0. The van der Waals surface area contributed by atoms with E-state index in [9.17, 15) is 8.42 Å². The zero-order chi connectivity index (χ0) is 18.2. The monoisotopic (exact) mass is 485 g/mol. The van der Waals surface area contributed by atoms with Crippen LogP contribution in [-0.2, 0) is 16.4 Å². The van der Waals surface area contributed by atoms with Crippen LogP contribution in [0.5, 0.6) is 11.5 Å². The maximum absolute atomic E-state index is 11.2. The molecule has 0 aliphatic heterocycles. The molecule has 0 bridgehead atoms. The molecule has 0 heterocycles. The number of hydrogen-bond donors (Lipinski definition) is 2. The molecule has 9 heteroatoms. The molecule has 1 aromatic rings. The first-order valence-electron chi connectivity index (χ1n) is 7.65. The van der Waals surface area contributed by atoms with Crippen LogP contribution in [0.25, 0.3) is 0 Å². The summed E-state index contributed by atoms with van der Waals surface area (Å²) in [5.41, 5.74) is 0.963. The second-order valence-electron chi connectivity index (χ2n) is 5.57. The molecule has 1 aromatic carbocycles. The lowest BCUT2D eigenvalue weighted by molar-refractivity contribution is 0.390. The van der Waals surface area contributed by atoms with Gasteiger partial charge in [0.1, 0.15) is 21.3 Å². The van der Waals surface area contributed by atoms with Crippen molar-refractivity contribution in [2.45, 2.75) is 25.9 Å². The van der Waals surface area contributed by atoms with Gasteiger partial charge in [-0.2, -0.15) is 0 Å². The average Bonchev–Trinajstić information content (AvgIpc) is 2.55. The summed E-state index contributed by atoms with van der Waals surface area (Å²) in [4.78, 5) is 4.16. The van der Waals surface area contributed by atoms with Crippen LogP contribution in [-0.4, -0.2) is 53.7 Å². The number of ether oxygens (including phenoxy) is 2. The van der Waals surface area contributed by atoms with E-state index in [1.54, 1.807) is 21.3 Å². The van der Waals surface area contributed by atoms with Crippen LogP contribution in [0.4, 0.5) is 0 Å². The summed E-state index contributed by atoms with van der Waals surface area (Å²) >= 11 is 0. The van der Waals surface area contributed by atoms with E-state index in [1.807, 2.05) is 25.1 Å². The number of hydrogen-bond acceptors (Lipinski definition) is 5. The van der Waals surface area contributed by atoms with Gasteiger partial charge in [-0.15, -0.1) is 24.0 Å². The number of nitrogens with one attached hydrogen (secondary N) is 2. The highest BCUT2D eigenvalue weighted by Gasteiger charge is 2.10. The van der Waals surface area contributed by atoms with Crippen LogP contribution in [0.1, 0.15) is 18.9 Å². The topological polar surface area (TPSA) is 89.0 Å². The third kappa shape index (κ3) is 9.15. The number of sulfone groups is 1. The number of aliphatic imine (C=N–C) groups is 1. The van der Waals surface area contributed by atoms with Gasteiger partial charge < -0.3 is 20.1 Å². The Balaban J connectivity index is 0.00000576. The van der Waals surface area contributed by atoms with E-state index in [0.717, 1.165) is 17.1 Å². The summed E-state index contributed by atoms with van der Waals surface area (Å²) in [5.74, 6) is 2.20. The summed E-state index contributed by atoms with van der Waals surface area (Å²) in [6.45, 7) is 2.44. The fraction of sp³-hybridized carbons (Fsp3) is 0.562. The molecule has 0 amide bonds. The van der Waals surface area contributed by atoms with Crippen LogP contribution in [0, 0.1) is 0 Å². The van der Waals surface area contributed by atoms with Crippen LogP contribution in [0.2, 0.25) is 0 Å². The molecule has 0 saturated heterocycles. The normalized spacial score (nSPS) is 12.8. The first-order valence-corrected chi connectivity index (χ1v) is 9.71. The molecule has 1 unspecified atom stereocenters. The van der Waals surface area contributed by atoms with Crippen molar-refractivity contribution < 1.29 is 17.9 Å². The Kier molecular flexibility index (Phi) is 10.8. The van der Waals surface area contributed by atoms with E-state index >= 15 is 0 Å². The number of methoxy groups -OCH3 is 2. The zero-order valence-electron chi connectivity index (χ0n) is 15.3. The molecule has 7 nitrogen and oxygen atoms in total. The summed E-state index contributed by atoms with van der Waals surface area (Å²) < 4.78 is 33.0. The Morgan fingerprint density at radius 3 is 2.48 bits per heavy atom. The summed E-state index contributed by atoms with van der Waals surface area (Å²) in [5, 5.41) is 6.37. The number of nitrogens with zero attached hydrogens (tertiary/aromatic N) is 1. The number of benzene rings is 1. The van der Waals surface area contributed by atoms with Crippen molar-refractivity contribution in [3.8, 4) is 11.5 Å². The molecule has 0 aliphatic carbocycles. The summed E-state index contributed by atoms with van der Waals surface area (Å²) in [6.07, 6.45) is 1.76. The van der Waals surface area contributed by atoms with Gasteiger partial charge in [-0.05, 0) is 25.5 Å². The first-order chi connectivity index (χ1) is 11.3. The van der Waals surface area contributed by atoms with E-state index in [2.05, 4.69) is 15.6 Å². The minimum atomic E-state index is -2.96. The number of rotatable bonds is 8. The van der Waals surface area contributed by atoms with Crippen molar-refractivity contribution in [3.05, 3.63) is 23.8 Å². The molecule has 2 N–H and O–H groups in total. The van der Waals surface area contributed by atoms with Gasteiger partial charge in [-0.25, -0.2) is 8.42 Å². The Labute approximate surface area is 167 Å². The summed E-state index contributed by atoms with van der Waals surface area (Å²) in [7, 11) is 1.93. The van der Waals surface area contributed by atoms with E-state index in [-0.39, 0.29) is 35.8 Å². The SMILES string of the molecule is CN=C(NCc1ccc(OC)cc1OC)NC(C)CCS(C)(=O)=O.I. The van der Waals surface area contributed by atoms with Crippen molar-refractivity contribution in [1.82, 2.24) is 10.6 Å². The van der Waals surface area contributed by atoms with E-state index in [4.69, 9.17) is 9.47 Å². The third-order valence-electron chi connectivity index (χ3n) is 3.47. The second kappa shape index (κ2) is 11.4. The van der Waals surface area contributed by atoms with Crippen molar-refractivity contribution in [2.24, 2.45) is 4.99 Å². The molecular formula is C16H28IN3O4S. The molecule has 1 rings (SSSR count). The smallest absolute Gasteiger partial charge is 0.191 e. The quantitative estimate of drug-likeness (QED) is 0.332. The Bertz CT molecular complexity index is 665. The molecule has 0 fully saturated rings. The van der Waals surface area contributed by atoms with Crippen molar-refractivity contribution in [3.63, 3.8) is 0 Å². The highest BCUT2D eigenvalue weighted by molar-refractivity contribution is 14.0. The predicted octanol–water partition coefficient (Wildman–Crippen LogP) is 1.81. The number of guanidine groups is 1. The third-order valence-corrected chi connectivity index (χ3v) is 4.45. The van der Waals surface area contributed by atoms with Gasteiger partial charge in [0.05, 0.1) is 20.0 Å². The lowest BCUT2D eigenvalue weighted by Gasteiger charge is -2.18. The van der Waals surface area contributed by atoms with Gasteiger partial charge in [0.25, 0.3) is 0 Å². The molecule has 25 heavy (non-hydrogen) atoms. The largest absolute Gasteiger partial charge is 0.497 e. The highest BCUT2D eigenvalue weighted by atomic mass is 127. The Morgan fingerprint density at radius 2 is 1.96 bits per heavy atom. The van der Waals surface area contributed by atoms with Gasteiger partial charge >= 0.3 is 0 Å². The van der Waals surface area contributed by atoms with E-state index in [1.165, 1.54) is 6.26 Å². The van der Waals surface area contributed by atoms with Crippen LogP contribution in [0.15, 0.2) is 23.2 Å². The van der Waals surface area contributed by atoms with Crippen LogP contribution >= 0.6 is 24.0 Å². The van der Waals surface area contributed by atoms with Gasteiger partial charge in [0, 0.05) is 37.5 Å². The molecule has 1 atom stereocenters. The minimum Gasteiger partial charge on any atom is -0.497 e. The lowest BCUT2D eigenvalue weighted by atomic mass is 10.2. The van der Waals surface area contributed by atoms with Crippen LogP contribution < -0.4 is 20.1 Å². The van der Waals surface area contributed by atoms with Crippen molar-refractivity contribution in [2.75, 3.05) is 33.3 Å². The fourth-order valence-corrected chi connectivity index (χ4v) is 2.85. The molecule has 144 valence electrons. The molecule has 0 radical (unpaired) electrons. The molecule has 0 spiro atoms. The van der Waals surface area contributed by atoms with E-state index in [0.29, 0.717) is 18.9 Å². The van der Waals surface area contributed by atoms with Crippen LogP contribution in [0.3, 0.4) is 0 Å². The Morgan fingerprint density at radius 1 is 1.28 bits per heavy atom. The average molecular weight is 485 g/mol. The fourth-order valence-electron chi connectivity index (χ4n) is 2.07. The molecule has 0 aliphatic rings. The summed E-state index contributed by atoms with van der Waals surface area (Å²) in [6, 6.07) is 5.60. The zero-order valence-corrected chi connectivity index (χ0v) is 18.5. The van der Waals surface area contributed by atoms with Gasteiger partial charge in [-0.1, -0.05) is 0 Å². The van der Waals surface area contributed by atoms with Crippen molar-refractivity contribution in [1.29, 1.82) is 0 Å². The predicted molar refractivity (Wildman–Crippen MR) is 112 cm³/mol. The van der Waals surface area contributed by atoms with Gasteiger partial charge in [-0.3, -0.25) is 4.99 Å². The molecular weight excluding hydrogens is 457 g/mol. The lowest BCUT2D eigenvalue weighted by Crippen LogP contribution is -2.42. The van der Waals surface area contributed by atoms with Crippen molar-refractivity contribution >= 4 is 39.8 Å². The maximum Gasteiger partial charge on any atom is 0.191 e. The standard InChI is InChI=1S/C16H27N3O4S.HI/c1-12(8-9-24(5,20)21)19-16(17-2)18-11-13-6-7-14(22-3)10-15(13)23-4;/h6-7,10,12H,8-9,11H2,1-5H3,(H2,17,18,19);1H. The molecule has 0 aromatic heterocycles. The highest BCUT2D eigenvalue weighted by Crippen LogP contribution is 2.24. The Hall–Kier alpha value is -1.23. The molecule has 0 saturated carbocycles. The first kappa shape index (κ1) is 23.8. The van der Waals surface area contributed by atoms with Gasteiger partial charge in [0.2, 0.25) is 0 Å². The number of halogens is 1.